The van der Waals surface area contributed by atoms with Crippen molar-refractivity contribution in [1.29, 1.82) is 0 Å². The number of halogens is 2. The first-order valence-electron chi connectivity index (χ1n) is 47.8. The van der Waals surface area contributed by atoms with E-state index in [0.29, 0.717) is 56.5 Å². The highest BCUT2D eigenvalue weighted by molar-refractivity contribution is 9.11. The molecule has 0 spiro atoms. The van der Waals surface area contributed by atoms with Gasteiger partial charge in [-0.15, -0.1) is 0 Å². The normalized spacial score (nSPS) is 17.5. The van der Waals surface area contributed by atoms with E-state index in [1.165, 1.54) is 115 Å². The van der Waals surface area contributed by atoms with Crippen molar-refractivity contribution in [3.05, 3.63) is 348 Å². The zero-order valence-electron chi connectivity index (χ0n) is 79.7. The number of ether oxygens (including phenoxy) is 11. The van der Waals surface area contributed by atoms with E-state index < -0.39 is 0 Å². The number of hydrogen-bond donors (Lipinski definition) is 0. The molecule has 19 rings (SSSR count). The number of benzene rings is 11. The third-order valence-electron chi connectivity index (χ3n) is 28.3. The van der Waals surface area contributed by atoms with E-state index in [1.807, 2.05) is 60.7 Å². The van der Waals surface area contributed by atoms with Crippen molar-refractivity contribution in [3.8, 4) is 28.7 Å². The number of carbonyl (C=O) groups excluding carboxylic acids is 1. The Hall–Kier alpha value is -11.3. The number of carbonyl (C=O) groups is 1. The second-order valence-corrected chi connectivity index (χ2v) is 37.8. The van der Waals surface area contributed by atoms with Crippen molar-refractivity contribution in [2.75, 3.05) is 141 Å². The van der Waals surface area contributed by atoms with Crippen LogP contribution in [0.1, 0.15) is 165 Å². The highest BCUT2D eigenvalue weighted by Crippen LogP contribution is 2.49. The number of piperidine rings is 4. The molecule has 11 aromatic rings. The van der Waals surface area contributed by atoms with Crippen LogP contribution in [0.3, 0.4) is 0 Å². The molecule has 0 N–H and O–H groups in total. The maximum absolute atomic E-state index is 16.0. The lowest BCUT2D eigenvalue weighted by Crippen LogP contribution is -2.39. The number of nitrogens with zero attached hydrogens (tertiary/aromatic N) is 4. The van der Waals surface area contributed by atoms with Gasteiger partial charge in [-0.1, -0.05) is 174 Å². The molecule has 2 atom stereocenters. The summed E-state index contributed by atoms with van der Waals surface area (Å²) in [4.78, 5) is 20.6. The van der Waals surface area contributed by atoms with Gasteiger partial charge in [0, 0.05) is 193 Å². The second kappa shape index (κ2) is 45.8. The molecule has 0 amide bonds. The van der Waals surface area contributed by atoms with Gasteiger partial charge in [-0.2, -0.15) is 0 Å². The maximum atomic E-state index is 16.0. The fourth-order valence-corrected chi connectivity index (χ4v) is 20.9. The molecule has 16 nitrogen and oxygen atoms in total. The van der Waals surface area contributed by atoms with Crippen LogP contribution < -0.4 is 43.3 Å². The number of fused-ring (bicyclic) bond motifs is 4. The average Bonchev–Trinajstić information content (AvgIpc) is 0.767. The minimum Gasteiger partial charge on any atom is -0.493 e. The minimum absolute atomic E-state index is 0.0785. The number of hydrogen-bond acceptors (Lipinski definition) is 16. The van der Waals surface area contributed by atoms with Crippen LogP contribution in [-0.2, 0) is 39.8 Å². The van der Waals surface area contributed by atoms with Crippen LogP contribution in [-0.4, -0.2) is 147 Å². The van der Waals surface area contributed by atoms with Gasteiger partial charge in [-0.25, -0.2) is 4.39 Å². The van der Waals surface area contributed by atoms with Gasteiger partial charge in [0.1, 0.15) is 67.3 Å². The first kappa shape index (κ1) is 95.8. The lowest BCUT2D eigenvalue weighted by atomic mass is 9.75. The van der Waals surface area contributed by atoms with Gasteiger partial charge < -0.3 is 76.5 Å². The smallest absolute Gasteiger partial charge is 0.159 e. The zero-order valence-corrected chi connectivity index (χ0v) is 81.2. The standard InChI is InChI=1S/C38H40FNO4.C28H29NO2.C25H30BrNO3.C25H31NO3/c1-25-10-11-29(20-26(25)2)33-24-44-36-22-31(43-23-27-8-6-5-7-9-27)13-14-32(36)37(33)30-12-15-35(34(39)21-30)40-18-16-28(17-19-40)38(41-3)42-4;1-20-7-12-25-27(17-20)31-19-26(22-5-3-2-4-6-22)28(25)23-8-10-24(11-9-23)29-15-13-21(18-30)14-16-29;1-17-4-9-21-23(14-17)30-16-22(26)25(21)19-5-7-20(8-6-19)27-12-10-18(11-13-27)15-24(28-2)29-3;1-18-4-9-23-22(12-15-29-24(23)16-18)20-5-7-21(8-6-20)26-13-10-19(11-14-26)17-25(27-2)28-3/h5-15,20-22,28,38H,16-19,23-24H2,1-4H3;2-12,17-18,21,26,28H,13-16,19H2,1H3;4-9,14,18,24H,10-13,15-16H2,1-3H3;4-9,12,16,19,25H,10-11,13-15,17H2,1-3H3/t;26-,28-;;/m.1../s1. The van der Waals surface area contributed by atoms with E-state index in [0.717, 1.165) is 169 Å². The van der Waals surface area contributed by atoms with E-state index in [2.05, 4.69) is 252 Å². The highest BCUT2D eigenvalue weighted by atomic mass is 79.9. The zero-order chi connectivity index (χ0) is 93.1. The molecule has 700 valence electrons. The third-order valence-corrected chi connectivity index (χ3v) is 28.9. The lowest BCUT2D eigenvalue weighted by Gasteiger charge is -2.36. The molecule has 8 heterocycles. The highest BCUT2D eigenvalue weighted by Gasteiger charge is 2.36. The molecule has 8 aliphatic heterocycles. The van der Waals surface area contributed by atoms with Gasteiger partial charge in [0.05, 0.1) is 12.3 Å². The minimum atomic E-state index is -0.224. The Morgan fingerprint density at radius 1 is 0.433 bits per heavy atom. The summed E-state index contributed by atoms with van der Waals surface area (Å²) in [6.07, 6.45) is 13.2. The molecule has 11 aromatic carbocycles. The molecule has 4 saturated heterocycles. The van der Waals surface area contributed by atoms with Gasteiger partial charge in [-0.3, -0.25) is 0 Å². The van der Waals surface area contributed by atoms with Gasteiger partial charge in [0.15, 0.2) is 18.9 Å². The largest absolute Gasteiger partial charge is 0.493 e. The van der Waals surface area contributed by atoms with E-state index in [9.17, 15) is 4.79 Å². The molecule has 4 fully saturated rings. The van der Waals surface area contributed by atoms with Gasteiger partial charge in [-0.05, 0) is 261 Å². The summed E-state index contributed by atoms with van der Waals surface area (Å²) < 4.78 is 79.9. The Morgan fingerprint density at radius 2 is 0.940 bits per heavy atom. The van der Waals surface area contributed by atoms with Crippen LogP contribution in [0.25, 0.3) is 22.3 Å². The molecule has 0 bridgehead atoms. The van der Waals surface area contributed by atoms with Crippen molar-refractivity contribution in [2.45, 2.75) is 136 Å². The fraction of sp³-hybridized carbons (Fsp3) is 0.371. The van der Waals surface area contributed by atoms with Gasteiger partial charge in [0.2, 0.25) is 0 Å². The quantitative estimate of drug-likeness (QED) is 0.0397. The number of methoxy groups -OCH3 is 6. The Labute approximate surface area is 801 Å². The predicted molar refractivity (Wildman–Crippen MR) is 542 cm³/mol. The summed E-state index contributed by atoms with van der Waals surface area (Å²) in [5, 5.41) is 0. The van der Waals surface area contributed by atoms with E-state index in [1.54, 1.807) is 48.7 Å². The molecule has 0 radical (unpaired) electrons. The predicted octanol–water partition coefficient (Wildman–Crippen LogP) is 24.7. The van der Waals surface area contributed by atoms with E-state index in [4.69, 9.17) is 52.1 Å². The number of aldehydes is 1. The van der Waals surface area contributed by atoms with Crippen molar-refractivity contribution >= 4 is 67.3 Å². The molecule has 0 aliphatic carbocycles. The van der Waals surface area contributed by atoms with Gasteiger partial charge in [0.25, 0.3) is 0 Å². The van der Waals surface area contributed by atoms with E-state index in [-0.39, 0.29) is 42.4 Å². The summed E-state index contributed by atoms with van der Waals surface area (Å²) >= 11 is 3.74. The van der Waals surface area contributed by atoms with Crippen LogP contribution >= 0.6 is 15.9 Å². The Balaban J connectivity index is 0.000000132. The Kier molecular flexibility index (Phi) is 32.8. The molecular formula is C116H130BrFN4O12. The summed E-state index contributed by atoms with van der Waals surface area (Å²) in [5.74, 6) is 6.61. The number of rotatable bonds is 25. The molecule has 0 unspecified atom stereocenters. The molecule has 0 aromatic heterocycles. The second-order valence-electron chi connectivity index (χ2n) is 36.8. The molecule has 8 aliphatic rings. The van der Waals surface area contributed by atoms with Crippen molar-refractivity contribution in [1.82, 2.24) is 0 Å². The molecule has 0 saturated carbocycles. The molecular weight excluding hydrogens is 1740 g/mol. The van der Waals surface area contributed by atoms with Crippen molar-refractivity contribution in [2.24, 2.45) is 23.7 Å². The van der Waals surface area contributed by atoms with Gasteiger partial charge >= 0.3 is 0 Å². The summed E-state index contributed by atoms with van der Waals surface area (Å²) in [5.41, 5.74) is 27.7. The number of aryl methyl sites for hydroxylation is 5. The summed E-state index contributed by atoms with van der Waals surface area (Å²) in [6.45, 7) is 21.0. The molecule has 18 heteroatoms. The topological polar surface area (TPSA) is 132 Å². The maximum Gasteiger partial charge on any atom is 0.159 e. The molecule has 134 heavy (non-hydrogen) atoms. The third kappa shape index (κ3) is 23.2. The van der Waals surface area contributed by atoms with Crippen LogP contribution in [0.2, 0.25) is 0 Å². The number of anilines is 4. The summed E-state index contributed by atoms with van der Waals surface area (Å²) in [7, 11) is 10.2. The SMILES string of the molecule is COC(CC1CCN(c2ccc(C3=C(Br)COc4cc(C)ccc43)cc2)CC1)OC.COC(CC1CCN(c2ccc(C3=CCOc4cc(C)ccc43)cc2)CC1)OC.COC(OC)C1CCN(c2ccc(C3=C(c4ccc(C)c(C)c4)COc4cc(OCc5ccccc5)ccc43)cc2F)CC1.Cc1ccc2c(c1)OC[C@H](c1ccccc1)[C@@H]2c1ccc(N2CCC(C=O)CC2)cc1. The van der Waals surface area contributed by atoms with Crippen LogP contribution in [0, 0.1) is 64.1 Å². The Bertz CT molecular complexity index is 5830. The van der Waals surface area contributed by atoms with Crippen LogP contribution in [0.5, 0.6) is 28.7 Å². The van der Waals surface area contributed by atoms with E-state index >= 15 is 4.39 Å². The first-order chi connectivity index (χ1) is 65.4. The van der Waals surface area contributed by atoms with Crippen molar-refractivity contribution < 1.29 is 61.3 Å². The first-order valence-corrected chi connectivity index (χ1v) is 48.6. The fourth-order valence-electron chi connectivity index (χ4n) is 20.3. The Morgan fingerprint density at radius 3 is 1.52 bits per heavy atom. The van der Waals surface area contributed by atoms with Crippen molar-refractivity contribution in [3.63, 3.8) is 0 Å². The van der Waals surface area contributed by atoms with Crippen LogP contribution in [0.4, 0.5) is 27.1 Å². The monoisotopic (exact) mass is 1870 g/mol. The average molecular weight is 1870 g/mol. The summed E-state index contributed by atoms with van der Waals surface area (Å²) in [6, 6.07) is 85.4. The lowest BCUT2D eigenvalue weighted by molar-refractivity contribution is -0.141. The van der Waals surface area contributed by atoms with Crippen LogP contribution in [0.15, 0.2) is 253 Å².